The summed E-state index contributed by atoms with van der Waals surface area (Å²) < 4.78 is 25.5. The molecule has 270 valence electrons. The molecule has 1 N–H and O–H groups in total. The lowest BCUT2D eigenvalue weighted by Gasteiger charge is -2.32. The van der Waals surface area contributed by atoms with Gasteiger partial charge in [0.05, 0.1) is 23.5 Å². The Kier molecular flexibility index (Phi) is 12.0. The van der Waals surface area contributed by atoms with E-state index in [4.69, 9.17) is 24.4 Å². The number of carbonyl (C=O) groups is 4. The van der Waals surface area contributed by atoms with E-state index in [-0.39, 0.29) is 36.7 Å². The normalized spacial score (nSPS) is 12.9. The van der Waals surface area contributed by atoms with E-state index in [1.54, 1.807) is 35.0 Å². The minimum Gasteiger partial charge on any atom is -0.855 e. The lowest BCUT2D eigenvalue weighted by atomic mass is 10.1. The first-order valence-corrected chi connectivity index (χ1v) is 15.9. The number of hydrogen-bond acceptors (Lipinski definition) is 14. The van der Waals surface area contributed by atoms with Crippen LogP contribution in [0.3, 0.4) is 0 Å². The lowest BCUT2D eigenvalue weighted by Crippen LogP contribution is -2.49. The van der Waals surface area contributed by atoms with E-state index >= 15 is 0 Å². The molecule has 1 aromatic heterocycles. The van der Waals surface area contributed by atoms with E-state index in [2.05, 4.69) is 9.97 Å². The quantitative estimate of drug-likeness (QED) is 0.0459. The number of nitrogens with zero attached hydrogens (tertiary/aromatic N) is 5. The molecule has 2 aliphatic heterocycles. The molecule has 0 fully saturated rings. The molecule has 2 aliphatic rings. The molecule has 4 rings (SSSR count). The summed E-state index contributed by atoms with van der Waals surface area (Å²) in [6.07, 6.45) is -2.57. The average molecular weight is 707 g/mol. The van der Waals surface area contributed by atoms with Gasteiger partial charge in [-0.15, -0.1) is 0 Å². The van der Waals surface area contributed by atoms with Crippen molar-refractivity contribution in [1.82, 2.24) is 19.1 Å². The van der Waals surface area contributed by atoms with Crippen LogP contribution in [0.4, 0.5) is 0 Å². The summed E-state index contributed by atoms with van der Waals surface area (Å²) in [6, 6.07) is 8.28. The van der Waals surface area contributed by atoms with Crippen molar-refractivity contribution < 1.29 is 47.8 Å². The number of benzene rings is 1. The molecule has 0 bridgehead atoms. The second-order valence-electron chi connectivity index (χ2n) is 11.8. The first kappa shape index (κ1) is 37.8. The Bertz CT molecular complexity index is 2090. The summed E-state index contributed by atoms with van der Waals surface area (Å²) in [7, 11) is 0. The largest absolute Gasteiger partial charge is 0.855 e. The van der Waals surface area contributed by atoms with Gasteiger partial charge >= 0.3 is 29.6 Å². The van der Waals surface area contributed by atoms with Gasteiger partial charge in [-0.05, 0) is 43.2 Å². The molecular formula is C34H38N6O11. The zero-order chi connectivity index (χ0) is 37.6. The van der Waals surface area contributed by atoms with E-state index in [1.807, 2.05) is 13.8 Å². The number of rotatable bonds is 14. The highest BCUT2D eigenvalue weighted by Gasteiger charge is 2.39. The Hall–Kier alpha value is -6.00. The highest BCUT2D eigenvalue weighted by Crippen LogP contribution is 2.26. The predicted molar refractivity (Wildman–Crippen MR) is 176 cm³/mol. The number of aryl methyl sites for hydroxylation is 3. The standard InChI is InChI=1S/C34H38N6O11/c1-18-14-24-26(15-19(18)2)40(16-27(49-21(4)42)30(51-23(6)44)28(50-22(5)43)17-48-20(3)41)32-29(36-24)33(46)39(34(47)37-32)13-9-12-38-11-8-7-10-25(38)31(35)45/h7-8,10-11,14-15,27-28,30H,9,12-13,16-17H2,1-6H3,(H-,35,45). The smallest absolute Gasteiger partial charge is 0.352 e. The predicted octanol–water partition coefficient (Wildman–Crippen LogP) is 0.0965. The van der Waals surface area contributed by atoms with E-state index < -0.39 is 72.5 Å². The Morgan fingerprint density at radius 2 is 1.53 bits per heavy atom. The van der Waals surface area contributed by atoms with Gasteiger partial charge in [-0.2, -0.15) is 9.55 Å². The number of esters is 4. The van der Waals surface area contributed by atoms with Gasteiger partial charge in [0, 0.05) is 52.8 Å². The Balaban J connectivity index is 1.87. The van der Waals surface area contributed by atoms with Crippen molar-refractivity contribution in [2.75, 3.05) is 6.61 Å². The van der Waals surface area contributed by atoms with Gasteiger partial charge in [-0.25, -0.2) is 9.78 Å². The second-order valence-corrected chi connectivity index (χ2v) is 11.8. The van der Waals surface area contributed by atoms with Crippen LogP contribution in [0, 0.1) is 19.3 Å². The maximum absolute atomic E-state index is 13.9. The van der Waals surface area contributed by atoms with Crippen LogP contribution in [-0.2, 0) is 57.8 Å². The molecule has 17 heteroatoms. The van der Waals surface area contributed by atoms with Gasteiger partial charge in [-0.1, -0.05) is 0 Å². The van der Waals surface area contributed by atoms with Crippen molar-refractivity contribution >= 4 is 40.8 Å². The molecule has 0 spiro atoms. The SMILES string of the molecule is CC(=O)OCC(OC(C)=O)C(OC(C)=O)C(Cn1c2nc(=O)n(CCC[n+]3ccccc3C(=N)[O-])c(=O)c-2nc2cc(C)c(C)cc21)OC(C)=O. The monoisotopic (exact) mass is 706 g/mol. The van der Waals surface area contributed by atoms with Crippen LogP contribution in [-0.4, -0.2) is 73.8 Å². The van der Waals surface area contributed by atoms with Crippen molar-refractivity contribution in [2.45, 2.75) is 85.9 Å². The summed E-state index contributed by atoms with van der Waals surface area (Å²) >= 11 is 0. The van der Waals surface area contributed by atoms with E-state index in [0.717, 1.165) is 43.4 Å². The molecule has 1 aromatic carbocycles. The first-order chi connectivity index (χ1) is 24.1. The number of aromatic nitrogens is 5. The lowest BCUT2D eigenvalue weighted by molar-refractivity contribution is -0.700. The maximum Gasteiger partial charge on any atom is 0.352 e. The second kappa shape index (κ2) is 16.1. The molecule has 2 aromatic rings. The maximum atomic E-state index is 13.9. The third-order valence-electron chi connectivity index (χ3n) is 7.90. The number of fused-ring (bicyclic) bond motifs is 2. The fourth-order valence-electron chi connectivity index (χ4n) is 5.58. The molecule has 3 atom stereocenters. The van der Waals surface area contributed by atoms with Gasteiger partial charge in [0.1, 0.15) is 6.61 Å². The van der Waals surface area contributed by atoms with Gasteiger partial charge in [0.15, 0.2) is 42.6 Å². The van der Waals surface area contributed by atoms with Gasteiger partial charge < -0.3 is 34.0 Å². The van der Waals surface area contributed by atoms with Gasteiger partial charge in [0.2, 0.25) is 5.69 Å². The number of hydrogen-bond donors (Lipinski definition) is 1. The van der Waals surface area contributed by atoms with Gasteiger partial charge in [-0.3, -0.25) is 28.5 Å². The van der Waals surface area contributed by atoms with Crippen molar-refractivity contribution in [2.24, 2.45) is 0 Å². The number of ether oxygens (including phenoxy) is 4. The highest BCUT2D eigenvalue weighted by atomic mass is 16.6. The highest BCUT2D eigenvalue weighted by molar-refractivity contribution is 5.84. The molecule has 3 unspecified atom stereocenters. The van der Waals surface area contributed by atoms with E-state index in [0.29, 0.717) is 11.0 Å². The van der Waals surface area contributed by atoms with Crippen LogP contribution in [0.15, 0.2) is 46.1 Å². The first-order valence-electron chi connectivity index (χ1n) is 15.9. The summed E-state index contributed by atoms with van der Waals surface area (Å²) in [5.41, 5.74) is 0.630. The molecule has 0 aliphatic carbocycles. The van der Waals surface area contributed by atoms with E-state index in [1.165, 1.54) is 10.6 Å². The molecule has 51 heavy (non-hydrogen) atoms. The zero-order valence-corrected chi connectivity index (χ0v) is 29.0. The molecule has 17 nitrogen and oxygen atoms in total. The van der Waals surface area contributed by atoms with Crippen LogP contribution >= 0.6 is 0 Å². The Morgan fingerprint density at radius 1 is 0.882 bits per heavy atom. The van der Waals surface area contributed by atoms with Crippen LogP contribution in [0.2, 0.25) is 0 Å². The van der Waals surface area contributed by atoms with Crippen LogP contribution in [0.25, 0.3) is 22.6 Å². The number of pyridine rings is 1. The fraction of sp³-hybridized carbons (Fsp3) is 0.412. The van der Waals surface area contributed by atoms with Gasteiger partial charge in [0.25, 0.3) is 5.56 Å². The minimum absolute atomic E-state index is 0.0917. The summed E-state index contributed by atoms with van der Waals surface area (Å²) in [6.45, 7) is 7.26. The molecule has 0 amide bonds. The number of nitrogens with one attached hydrogen (secondary N) is 1. The Labute approximate surface area is 291 Å². The van der Waals surface area contributed by atoms with Crippen LogP contribution in [0.1, 0.15) is 50.9 Å². The molecule has 0 radical (unpaired) electrons. The Morgan fingerprint density at radius 3 is 2.16 bits per heavy atom. The third-order valence-corrected chi connectivity index (χ3v) is 7.90. The van der Waals surface area contributed by atoms with Crippen molar-refractivity contribution in [3.8, 4) is 11.5 Å². The average Bonchev–Trinajstić information content (AvgIpc) is 3.04. The third kappa shape index (κ3) is 9.17. The van der Waals surface area contributed by atoms with Crippen LogP contribution < -0.4 is 20.9 Å². The molecule has 0 saturated heterocycles. The molecule has 0 saturated carbocycles. The van der Waals surface area contributed by atoms with Crippen molar-refractivity contribution in [1.29, 1.82) is 5.41 Å². The summed E-state index contributed by atoms with van der Waals surface area (Å²) in [5, 5.41) is 19.2. The van der Waals surface area contributed by atoms with Crippen molar-refractivity contribution in [3.05, 3.63) is 74.2 Å². The number of carbonyl (C=O) groups excluding carboxylic acids is 4. The fourth-order valence-corrected chi connectivity index (χ4v) is 5.58. The minimum atomic E-state index is -1.53. The summed E-state index contributed by atoms with van der Waals surface area (Å²) in [5.74, 6) is -4.23. The topological polar surface area (TPSA) is 226 Å². The molecule has 3 heterocycles. The van der Waals surface area contributed by atoms with E-state index in [9.17, 15) is 33.9 Å². The van der Waals surface area contributed by atoms with Crippen LogP contribution in [0.5, 0.6) is 0 Å². The summed E-state index contributed by atoms with van der Waals surface area (Å²) in [4.78, 5) is 84.8. The zero-order valence-electron chi connectivity index (χ0n) is 29.0. The van der Waals surface area contributed by atoms with Crippen molar-refractivity contribution in [3.63, 3.8) is 0 Å². The molecular weight excluding hydrogens is 668 g/mol.